The first kappa shape index (κ1) is 17.9. The maximum atomic E-state index is 12.4. The Labute approximate surface area is 142 Å². The molecule has 1 aromatic rings. The molecule has 2 heterocycles. The lowest BCUT2D eigenvalue weighted by molar-refractivity contribution is 0.0914. The molecule has 2 rings (SSSR count). The monoisotopic (exact) mass is 341 g/mol. The third-order valence-corrected chi connectivity index (χ3v) is 4.41. The maximum Gasteiger partial charge on any atom is 0.271 e. The largest absolute Gasteiger partial charge is 0.378 e. The summed E-state index contributed by atoms with van der Waals surface area (Å²) in [7, 11) is 3.95. The zero-order valence-electron chi connectivity index (χ0n) is 14.1. The number of ether oxygens (including phenoxy) is 1. The highest BCUT2D eigenvalue weighted by Crippen LogP contribution is 2.18. The molecule has 0 bridgehead atoms. The number of hydrogen-bond donors (Lipinski definition) is 1. The van der Waals surface area contributed by atoms with Gasteiger partial charge in [0.1, 0.15) is 0 Å². The van der Waals surface area contributed by atoms with E-state index in [9.17, 15) is 4.79 Å². The zero-order valence-corrected chi connectivity index (χ0v) is 14.9. The Morgan fingerprint density at radius 3 is 2.70 bits per heavy atom. The third kappa shape index (κ3) is 4.53. The first-order valence-corrected chi connectivity index (χ1v) is 8.00. The van der Waals surface area contributed by atoms with E-state index in [2.05, 4.69) is 15.3 Å². The first-order chi connectivity index (χ1) is 10.8. The van der Waals surface area contributed by atoms with Gasteiger partial charge in [-0.2, -0.15) is 0 Å². The van der Waals surface area contributed by atoms with E-state index in [1.807, 2.05) is 37.7 Å². The van der Waals surface area contributed by atoms with Crippen molar-refractivity contribution >= 4 is 23.5 Å². The van der Waals surface area contributed by atoms with Crippen LogP contribution in [0.15, 0.2) is 6.20 Å². The Bertz CT molecular complexity index is 559. The predicted octanol–water partition coefficient (Wildman–Crippen LogP) is 1.04. The van der Waals surface area contributed by atoms with E-state index in [1.54, 1.807) is 0 Å². The van der Waals surface area contributed by atoms with Crippen LogP contribution in [0.4, 0.5) is 5.95 Å². The number of carbonyl (C=O) groups excluding carboxylic acids is 1. The highest BCUT2D eigenvalue weighted by molar-refractivity contribution is 6.33. The number of aromatic nitrogens is 2. The molecule has 23 heavy (non-hydrogen) atoms. The topological polar surface area (TPSA) is 70.6 Å². The Morgan fingerprint density at radius 2 is 2.09 bits per heavy atom. The number of halogens is 1. The van der Waals surface area contributed by atoms with Crippen LogP contribution in [0, 0.1) is 0 Å². The Hall–Kier alpha value is -1.44. The molecule has 0 radical (unpaired) electrons. The second kappa shape index (κ2) is 7.42. The minimum Gasteiger partial charge on any atom is -0.378 e. The van der Waals surface area contributed by atoms with Crippen LogP contribution in [-0.2, 0) is 4.74 Å². The fourth-order valence-electron chi connectivity index (χ4n) is 1.97. The molecular weight excluding hydrogens is 318 g/mol. The lowest BCUT2D eigenvalue weighted by Gasteiger charge is -2.32. The van der Waals surface area contributed by atoms with Gasteiger partial charge in [0.05, 0.1) is 24.4 Å². The number of carbonyl (C=O) groups is 1. The van der Waals surface area contributed by atoms with E-state index in [0.717, 1.165) is 0 Å². The molecule has 0 atom stereocenters. The molecule has 0 saturated carbocycles. The maximum absolute atomic E-state index is 12.4. The second-order valence-corrected chi connectivity index (χ2v) is 6.76. The van der Waals surface area contributed by atoms with Crippen LogP contribution in [0.5, 0.6) is 0 Å². The Balaban J connectivity index is 2.10. The molecule has 1 aliphatic heterocycles. The Kier molecular flexibility index (Phi) is 5.78. The van der Waals surface area contributed by atoms with E-state index in [0.29, 0.717) is 38.8 Å². The minimum atomic E-state index is -0.290. The predicted molar refractivity (Wildman–Crippen MR) is 90.2 cm³/mol. The smallest absolute Gasteiger partial charge is 0.271 e. The average Bonchev–Trinajstić information content (AvgIpc) is 2.54. The highest BCUT2D eigenvalue weighted by Gasteiger charge is 2.23. The zero-order chi connectivity index (χ0) is 17.0. The molecular formula is C15H24ClN5O2. The van der Waals surface area contributed by atoms with Crippen LogP contribution >= 0.6 is 11.6 Å². The quantitative estimate of drug-likeness (QED) is 0.862. The van der Waals surface area contributed by atoms with Crippen LogP contribution < -0.4 is 10.2 Å². The van der Waals surface area contributed by atoms with E-state index >= 15 is 0 Å². The summed E-state index contributed by atoms with van der Waals surface area (Å²) in [5.74, 6) is 0.219. The van der Waals surface area contributed by atoms with E-state index in [-0.39, 0.29) is 22.2 Å². The molecule has 7 nitrogen and oxygen atoms in total. The lowest BCUT2D eigenvalue weighted by atomic mass is 10.0. The van der Waals surface area contributed by atoms with Gasteiger partial charge in [-0.3, -0.25) is 4.79 Å². The molecule has 0 spiro atoms. The van der Waals surface area contributed by atoms with Gasteiger partial charge in [0.15, 0.2) is 5.69 Å². The first-order valence-electron chi connectivity index (χ1n) is 7.62. The van der Waals surface area contributed by atoms with Gasteiger partial charge >= 0.3 is 0 Å². The van der Waals surface area contributed by atoms with Gasteiger partial charge in [-0.05, 0) is 27.9 Å². The van der Waals surface area contributed by atoms with Gasteiger partial charge in [-0.1, -0.05) is 11.6 Å². The summed E-state index contributed by atoms with van der Waals surface area (Å²) in [6.07, 6.45) is 1.48. The summed E-state index contributed by atoms with van der Waals surface area (Å²) in [4.78, 5) is 25.0. The van der Waals surface area contributed by atoms with Crippen molar-refractivity contribution in [2.75, 3.05) is 51.8 Å². The van der Waals surface area contributed by atoms with E-state index in [4.69, 9.17) is 16.3 Å². The molecule has 1 fully saturated rings. The summed E-state index contributed by atoms with van der Waals surface area (Å²) in [5.41, 5.74) is 0.0417. The molecule has 0 unspecified atom stereocenters. The van der Waals surface area contributed by atoms with E-state index < -0.39 is 0 Å². The van der Waals surface area contributed by atoms with Gasteiger partial charge in [-0.15, -0.1) is 0 Å². The Morgan fingerprint density at radius 1 is 1.43 bits per heavy atom. The van der Waals surface area contributed by atoms with Gasteiger partial charge in [-0.25, -0.2) is 9.97 Å². The summed E-state index contributed by atoms with van der Waals surface area (Å²) >= 11 is 6.10. The van der Waals surface area contributed by atoms with Crippen molar-refractivity contribution in [1.82, 2.24) is 20.2 Å². The van der Waals surface area contributed by atoms with Crippen LogP contribution in [0.2, 0.25) is 5.02 Å². The third-order valence-electron chi connectivity index (χ3n) is 4.13. The number of morpholine rings is 1. The van der Waals surface area contributed by atoms with Crippen molar-refractivity contribution in [3.05, 3.63) is 16.9 Å². The molecule has 1 amide bonds. The minimum absolute atomic E-state index is 0.164. The normalized spacial score (nSPS) is 15.8. The fraction of sp³-hybridized carbons (Fsp3) is 0.667. The summed E-state index contributed by atoms with van der Waals surface area (Å²) in [6.45, 7) is 7.26. The van der Waals surface area contributed by atoms with Crippen molar-refractivity contribution in [2.24, 2.45) is 0 Å². The number of anilines is 1. The van der Waals surface area contributed by atoms with Gasteiger partial charge in [0.2, 0.25) is 5.95 Å². The van der Waals surface area contributed by atoms with Crippen LogP contribution in [0.25, 0.3) is 0 Å². The number of rotatable bonds is 5. The number of nitrogens with zero attached hydrogens (tertiary/aromatic N) is 4. The molecule has 0 aromatic carbocycles. The van der Waals surface area contributed by atoms with Crippen molar-refractivity contribution in [1.29, 1.82) is 0 Å². The number of nitrogens with one attached hydrogen (secondary N) is 1. The fourth-order valence-corrected chi connectivity index (χ4v) is 2.15. The van der Waals surface area contributed by atoms with Crippen molar-refractivity contribution in [2.45, 2.75) is 19.4 Å². The van der Waals surface area contributed by atoms with Gasteiger partial charge < -0.3 is 19.9 Å². The molecule has 1 aromatic heterocycles. The number of hydrogen-bond acceptors (Lipinski definition) is 6. The van der Waals surface area contributed by atoms with Crippen molar-refractivity contribution in [3.8, 4) is 0 Å². The molecule has 1 N–H and O–H groups in total. The van der Waals surface area contributed by atoms with Crippen molar-refractivity contribution < 1.29 is 9.53 Å². The van der Waals surface area contributed by atoms with Crippen LogP contribution in [-0.4, -0.2) is 73.3 Å². The molecule has 8 heteroatoms. The summed E-state index contributed by atoms with van der Waals surface area (Å²) in [5, 5.41) is 3.15. The molecule has 1 saturated heterocycles. The molecule has 0 aliphatic carbocycles. The standard InChI is InChI=1S/C15H24ClN5O2/c1-15(2,20(3)4)10-18-13(22)12-11(16)9-17-14(19-12)21-5-7-23-8-6-21/h9H,5-8,10H2,1-4H3,(H,18,22). The summed E-state index contributed by atoms with van der Waals surface area (Å²) in [6, 6.07) is 0. The molecule has 1 aliphatic rings. The molecule has 128 valence electrons. The highest BCUT2D eigenvalue weighted by atomic mass is 35.5. The van der Waals surface area contributed by atoms with Gasteiger partial charge in [0.25, 0.3) is 5.91 Å². The SMILES string of the molecule is CN(C)C(C)(C)CNC(=O)c1nc(N2CCOCC2)ncc1Cl. The second-order valence-electron chi connectivity index (χ2n) is 6.36. The number of likely N-dealkylation sites (N-methyl/N-ethyl adjacent to an activating group) is 1. The van der Waals surface area contributed by atoms with Crippen molar-refractivity contribution in [3.63, 3.8) is 0 Å². The van der Waals surface area contributed by atoms with E-state index in [1.165, 1.54) is 6.20 Å². The van der Waals surface area contributed by atoms with Crippen LogP contribution in [0.3, 0.4) is 0 Å². The lowest BCUT2D eigenvalue weighted by Crippen LogP contribution is -2.48. The van der Waals surface area contributed by atoms with Crippen LogP contribution in [0.1, 0.15) is 24.3 Å². The summed E-state index contributed by atoms with van der Waals surface area (Å²) < 4.78 is 5.31. The van der Waals surface area contributed by atoms with Gasteiger partial charge in [0, 0.05) is 25.2 Å². The number of amides is 1. The average molecular weight is 342 g/mol.